The van der Waals surface area contributed by atoms with Gasteiger partial charge < -0.3 is 20.3 Å². The number of methoxy groups -OCH3 is 1. The van der Waals surface area contributed by atoms with Crippen LogP contribution in [0.4, 0.5) is 13.2 Å². The van der Waals surface area contributed by atoms with Crippen LogP contribution in [0, 0.1) is 11.3 Å². The Hall–Kier alpha value is -2.92. The third-order valence-corrected chi connectivity index (χ3v) is 3.30. The van der Waals surface area contributed by atoms with Gasteiger partial charge in [0.15, 0.2) is 11.5 Å². The number of phenolic OH excluding ortho intramolecular Hbond substituents is 1. The second kappa shape index (κ2) is 6.68. The summed E-state index contributed by atoms with van der Waals surface area (Å²) in [5, 5.41) is 19.4. The molecule has 0 aliphatic carbocycles. The first-order valence-corrected chi connectivity index (χ1v) is 6.68. The van der Waals surface area contributed by atoms with Crippen LogP contribution in [0.15, 0.2) is 36.4 Å². The summed E-state index contributed by atoms with van der Waals surface area (Å²) in [7, 11) is 1.35. The van der Waals surface area contributed by atoms with Gasteiger partial charge in [0, 0.05) is 5.56 Å². The molecule has 8 heteroatoms. The predicted octanol–water partition coefficient (Wildman–Crippen LogP) is 3.22. The molecule has 0 aliphatic heterocycles. The highest BCUT2D eigenvalue weighted by Gasteiger charge is 2.31. The van der Waals surface area contributed by atoms with Gasteiger partial charge in [0.25, 0.3) is 0 Å². The van der Waals surface area contributed by atoms with Gasteiger partial charge in [-0.3, -0.25) is 0 Å². The fraction of sp³-hybridized carbons (Fsp3) is 0.188. The number of nitrogens with zero attached hydrogens (tertiary/aromatic N) is 1. The zero-order valence-corrected chi connectivity index (χ0v) is 12.5. The molecular formula is C16H13F3N2O3. The standard InChI is InChI=1S/C16H13F3N2O3/c1-23-12-7-4-10(8-20)13(15(12)22)14(21)9-2-5-11(6-3-9)24-16(17,18)19/h2-7,14,22H,21H2,1H3/t14-/m1/s1. The Kier molecular flexibility index (Phi) is 4.85. The van der Waals surface area contributed by atoms with Crippen LogP contribution < -0.4 is 15.2 Å². The van der Waals surface area contributed by atoms with Crippen LogP contribution in [0.1, 0.15) is 22.7 Å². The average Bonchev–Trinajstić information content (AvgIpc) is 2.53. The van der Waals surface area contributed by atoms with E-state index in [1.54, 1.807) is 0 Å². The van der Waals surface area contributed by atoms with Gasteiger partial charge in [-0.05, 0) is 29.8 Å². The topological polar surface area (TPSA) is 88.5 Å². The Morgan fingerprint density at radius 3 is 2.29 bits per heavy atom. The number of hydrogen-bond acceptors (Lipinski definition) is 5. The van der Waals surface area contributed by atoms with E-state index in [9.17, 15) is 23.5 Å². The molecule has 0 amide bonds. The van der Waals surface area contributed by atoms with Crippen LogP contribution in [0.25, 0.3) is 0 Å². The van der Waals surface area contributed by atoms with Gasteiger partial charge in [-0.15, -0.1) is 13.2 Å². The van der Waals surface area contributed by atoms with Crippen molar-refractivity contribution in [3.05, 3.63) is 53.1 Å². The lowest BCUT2D eigenvalue weighted by molar-refractivity contribution is -0.274. The number of nitriles is 1. The third kappa shape index (κ3) is 3.70. The van der Waals surface area contributed by atoms with Crippen LogP contribution >= 0.6 is 0 Å². The number of rotatable bonds is 4. The van der Waals surface area contributed by atoms with Crippen LogP contribution in [0.3, 0.4) is 0 Å². The number of halogens is 3. The second-order valence-electron chi connectivity index (χ2n) is 4.78. The summed E-state index contributed by atoms with van der Waals surface area (Å²) in [5.41, 5.74) is 6.72. The Balaban J connectivity index is 2.39. The maximum Gasteiger partial charge on any atom is 0.573 e. The minimum absolute atomic E-state index is 0.126. The van der Waals surface area contributed by atoms with Gasteiger partial charge in [-0.1, -0.05) is 12.1 Å². The number of nitrogens with two attached hydrogens (primary N) is 1. The Bertz CT molecular complexity index is 768. The number of alkyl halides is 3. The van der Waals surface area contributed by atoms with E-state index in [-0.39, 0.29) is 22.6 Å². The third-order valence-electron chi connectivity index (χ3n) is 3.30. The smallest absolute Gasteiger partial charge is 0.504 e. The van der Waals surface area contributed by atoms with E-state index in [0.717, 1.165) is 12.1 Å². The van der Waals surface area contributed by atoms with Crippen LogP contribution in [-0.4, -0.2) is 18.6 Å². The fourth-order valence-electron chi connectivity index (χ4n) is 2.21. The van der Waals surface area contributed by atoms with E-state index in [1.165, 1.54) is 31.4 Å². The Morgan fingerprint density at radius 2 is 1.79 bits per heavy atom. The largest absolute Gasteiger partial charge is 0.573 e. The minimum atomic E-state index is -4.79. The van der Waals surface area contributed by atoms with E-state index in [0.29, 0.717) is 5.56 Å². The Labute approximate surface area is 135 Å². The van der Waals surface area contributed by atoms with E-state index < -0.39 is 18.2 Å². The maximum atomic E-state index is 12.2. The first kappa shape index (κ1) is 17.4. The van der Waals surface area contributed by atoms with Gasteiger partial charge in [0.1, 0.15) is 5.75 Å². The van der Waals surface area contributed by atoms with Crippen molar-refractivity contribution in [1.82, 2.24) is 0 Å². The molecule has 0 bridgehead atoms. The molecule has 126 valence electrons. The molecule has 1 atom stereocenters. The lowest BCUT2D eigenvalue weighted by Gasteiger charge is -2.18. The SMILES string of the molecule is COc1ccc(C#N)c([C@H](N)c2ccc(OC(F)(F)F)cc2)c1O. The van der Waals surface area contributed by atoms with Gasteiger partial charge in [0.05, 0.1) is 24.8 Å². The molecule has 5 nitrogen and oxygen atoms in total. The molecule has 0 saturated carbocycles. The lowest BCUT2D eigenvalue weighted by Crippen LogP contribution is -2.17. The van der Waals surface area contributed by atoms with Gasteiger partial charge in [-0.2, -0.15) is 5.26 Å². The van der Waals surface area contributed by atoms with Crippen molar-refractivity contribution >= 4 is 0 Å². The molecule has 2 rings (SSSR count). The van der Waals surface area contributed by atoms with Crippen molar-refractivity contribution in [3.8, 4) is 23.3 Å². The molecule has 2 aromatic rings. The summed E-state index contributed by atoms with van der Waals surface area (Å²) in [6.45, 7) is 0. The molecular weight excluding hydrogens is 325 g/mol. The van der Waals surface area contributed by atoms with Crippen LogP contribution in [0.2, 0.25) is 0 Å². The van der Waals surface area contributed by atoms with Crippen LogP contribution in [-0.2, 0) is 0 Å². The predicted molar refractivity (Wildman–Crippen MR) is 78.5 cm³/mol. The molecule has 0 aromatic heterocycles. The lowest BCUT2D eigenvalue weighted by atomic mass is 9.94. The second-order valence-corrected chi connectivity index (χ2v) is 4.78. The molecule has 0 saturated heterocycles. The van der Waals surface area contributed by atoms with Gasteiger partial charge in [0.2, 0.25) is 0 Å². The van der Waals surface area contributed by atoms with E-state index in [1.807, 2.05) is 6.07 Å². The molecule has 0 spiro atoms. The van der Waals surface area contributed by atoms with Gasteiger partial charge in [-0.25, -0.2) is 0 Å². The summed E-state index contributed by atoms with van der Waals surface area (Å²) in [5.74, 6) is -0.551. The first-order valence-electron chi connectivity index (χ1n) is 6.68. The quantitative estimate of drug-likeness (QED) is 0.893. The highest BCUT2D eigenvalue weighted by molar-refractivity contribution is 5.57. The summed E-state index contributed by atoms with van der Waals surface area (Å²) >= 11 is 0. The van der Waals surface area contributed by atoms with Crippen molar-refractivity contribution < 1.29 is 27.8 Å². The Morgan fingerprint density at radius 1 is 1.17 bits per heavy atom. The van der Waals surface area contributed by atoms with Crippen molar-refractivity contribution in [3.63, 3.8) is 0 Å². The number of benzene rings is 2. The summed E-state index contributed by atoms with van der Waals surface area (Å²) in [6, 6.07) is 8.69. The molecule has 0 unspecified atom stereocenters. The van der Waals surface area contributed by atoms with Crippen molar-refractivity contribution in [2.75, 3.05) is 7.11 Å². The molecule has 0 radical (unpaired) electrons. The van der Waals surface area contributed by atoms with E-state index in [2.05, 4.69) is 4.74 Å². The highest BCUT2D eigenvalue weighted by Crippen LogP contribution is 2.38. The highest BCUT2D eigenvalue weighted by atomic mass is 19.4. The number of aromatic hydroxyl groups is 1. The van der Waals surface area contributed by atoms with Crippen LogP contribution in [0.5, 0.6) is 17.2 Å². The molecule has 2 aromatic carbocycles. The van der Waals surface area contributed by atoms with Crippen molar-refractivity contribution in [1.29, 1.82) is 5.26 Å². The normalized spacial score (nSPS) is 12.3. The zero-order chi connectivity index (χ0) is 17.9. The van der Waals surface area contributed by atoms with E-state index in [4.69, 9.17) is 10.5 Å². The van der Waals surface area contributed by atoms with Gasteiger partial charge >= 0.3 is 6.36 Å². The summed E-state index contributed by atoms with van der Waals surface area (Å²) in [4.78, 5) is 0. The average molecular weight is 338 g/mol. The molecule has 0 fully saturated rings. The maximum absolute atomic E-state index is 12.2. The molecule has 24 heavy (non-hydrogen) atoms. The van der Waals surface area contributed by atoms with Crippen molar-refractivity contribution in [2.45, 2.75) is 12.4 Å². The van der Waals surface area contributed by atoms with Crippen molar-refractivity contribution in [2.24, 2.45) is 5.73 Å². The minimum Gasteiger partial charge on any atom is -0.504 e. The number of phenols is 1. The number of hydrogen-bond donors (Lipinski definition) is 2. The molecule has 3 N–H and O–H groups in total. The molecule has 0 heterocycles. The van der Waals surface area contributed by atoms with E-state index >= 15 is 0 Å². The monoisotopic (exact) mass is 338 g/mol. The fourth-order valence-corrected chi connectivity index (χ4v) is 2.21. The first-order chi connectivity index (χ1) is 11.3. The molecule has 0 aliphatic rings. The summed E-state index contributed by atoms with van der Waals surface area (Å²) in [6.07, 6.45) is -4.79. The number of ether oxygens (including phenoxy) is 2. The summed E-state index contributed by atoms with van der Waals surface area (Å²) < 4.78 is 45.3. The zero-order valence-electron chi connectivity index (χ0n) is 12.5.